The third kappa shape index (κ3) is 16.1. The van der Waals surface area contributed by atoms with Gasteiger partial charge in [-0.1, -0.05) is 0 Å². The number of benzene rings is 1. The fourth-order valence-corrected chi connectivity index (χ4v) is 15.9. The molecule has 12 atom stereocenters. The van der Waals surface area contributed by atoms with Gasteiger partial charge >= 0.3 is 0 Å². The first kappa shape index (κ1) is 61.7. The van der Waals surface area contributed by atoms with Gasteiger partial charge in [-0.2, -0.15) is 0 Å². The van der Waals surface area contributed by atoms with Crippen LogP contribution in [0.25, 0.3) is 0 Å². The van der Waals surface area contributed by atoms with Crippen molar-refractivity contribution in [3.05, 3.63) is 34.9 Å². The minimum absolute atomic E-state index is 0.241. The van der Waals surface area contributed by atoms with Crippen molar-refractivity contribution < 1.29 is 14.4 Å². The normalized spacial score (nSPS) is 30.2. The number of hydrogen-bond acceptors (Lipinski definition) is 15. The molecule has 0 radical (unpaired) electrons. The van der Waals surface area contributed by atoms with Gasteiger partial charge in [-0.25, -0.2) is 0 Å². The van der Waals surface area contributed by atoms with E-state index in [1.807, 2.05) is 0 Å². The van der Waals surface area contributed by atoms with E-state index in [9.17, 15) is 14.4 Å². The van der Waals surface area contributed by atoms with Crippen molar-refractivity contribution in [1.29, 1.82) is 0 Å². The molecule has 0 heterocycles. The second-order valence-corrected chi connectivity index (χ2v) is 21.8. The lowest BCUT2D eigenvalue weighted by atomic mass is 9.80. The Morgan fingerprint density at radius 1 is 0.250 bits per heavy atom. The van der Waals surface area contributed by atoms with Gasteiger partial charge in [0.2, 0.25) is 0 Å². The van der Waals surface area contributed by atoms with E-state index < -0.39 is 0 Å². The van der Waals surface area contributed by atoms with Gasteiger partial charge in [-0.05, 0) is 282 Å². The Morgan fingerprint density at radius 3 is 0.500 bits per heavy atom. The van der Waals surface area contributed by atoms with Crippen LogP contribution in [0.1, 0.15) is 127 Å². The van der Waals surface area contributed by atoms with Crippen molar-refractivity contribution in [3.63, 3.8) is 0 Å². The average Bonchev–Trinajstić information content (AvgIpc) is 3.89. The largest absolute Gasteiger partial charge is 0.352 e. The van der Waals surface area contributed by atoms with E-state index in [1.165, 1.54) is 0 Å². The third-order valence-electron chi connectivity index (χ3n) is 18.3. The summed E-state index contributed by atoms with van der Waals surface area (Å²) in [5, 5.41) is 9.52. The van der Waals surface area contributed by atoms with Gasteiger partial charge in [0.1, 0.15) is 0 Å². The van der Waals surface area contributed by atoms with Gasteiger partial charge in [0, 0.05) is 36.3 Å². The maximum absolute atomic E-state index is 14.3. The Bertz CT molecular complexity index is 1440. The van der Waals surface area contributed by atoms with Crippen LogP contribution in [-0.4, -0.2) is 116 Å². The predicted octanol–water partition coefficient (Wildman–Crippen LogP) is 0.516. The van der Waals surface area contributed by atoms with Gasteiger partial charge in [-0.15, -0.1) is 0 Å². The zero-order chi connectivity index (χ0) is 52.6. The number of hydrogen-bond donors (Lipinski definition) is 15. The molecule has 18 heteroatoms. The summed E-state index contributed by atoms with van der Waals surface area (Å²) in [4.78, 5) is 42.9. The Hall–Kier alpha value is -2.85. The summed E-state index contributed by atoms with van der Waals surface area (Å²) < 4.78 is 0. The molecule has 1 aromatic carbocycles. The van der Waals surface area contributed by atoms with E-state index in [1.54, 1.807) is 18.2 Å². The average molecular weight is 1010 g/mol. The Labute approximate surface area is 433 Å². The fourth-order valence-electron chi connectivity index (χ4n) is 15.9. The first-order valence-electron chi connectivity index (χ1n) is 28.4. The van der Waals surface area contributed by atoms with Gasteiger partial charge in [-0.3, -0.25) is 14.4 Å². The SMILES string of the molecule is NCCC1C(CCN)C(CCN)C(CCNC(=O)c2cc(C(=O)NCCC3C(CCN)C(CCN)C(CCN)C3CCN)cc(C(=O)NCCC3C(CCN)C(CCN)C(CCN)C3CCN)c2)C1CCN. The van der Waals surface area contributed by atoms with Crippen LogP contribution >= 0.6 is 0 Å². The van der Waals surface area contributed by atoms with Crippen molar-refractivity contribution in [3.8, 4) is 0 Å². The molecule has 3 aliphatic rings. The topological polar surface area (TPSA) is 400 Å². The maximum atomic E-state index is 14.3. The minimum atomic E-state index is -0.353. The molecule has 18 nitrogen and oxygen atoms in total. The fraction of sp³-hybridized carbons (Fsp3) is 0.833. The van der Waals surface area contributed by atoms with E-state index in [2.05, 4.69) is 16.0 Å². The van der Waals surface area contributed by atoms with Crippen molar-refractivity contribution in [1.82, 2.24) is 16.0 Å². The molecule has 3 saturated carbocycles. The molecule has 0 spiro atoms. The molecule has 0 aliphatic heterocycles. The van der Waals surface area contributed by atoms with Crippen molar-refractivity contribution in [2.75, 3.05) is 98.2 Å². The van der Waals surface area contributed by atoms with Crippen LogP contribution < -0.4 is 84.8 Å². The summed E-state index contributed by atoms with van der Waals surface area (Å²) in [6.07, 6.45) is 12.9. The highest BCUT2D eigenvalue weighted by atomic mass is 16.2. The van der Waals surface area contributed by atoms with Crippen molar-refractivity contribution in [2.24, 2.45) is 158 Å². The molecular formula is C54H105N15O3. The molecule has 3 fully saturated rings. The standard InChI is InChI=1S/C54H105N15O3/c55-16-1-37-38(2-17-56)44(8-23-62)49(43(37)7-22-61)13-28-67-52(70)34-31-35(53(71)68-29-14-50-45(9-24-63)39(3-18-57)40(4-19-58)46(50)10-25-64)33-36(32-34)54(72)69-30-15-51-47(11-26-65)41(5-20-59)42(6-21-60)48(51)12-27-66/h31-33,37-51H,1-30,55-66H2,(H,67,70)(H,68,71)(H,69,72). The highest BCUT2D eigenvalue weighted by Gasteiger charge is 2.50. The van der Waals surface area contributed by atoms with Crippen LogP contribution in [0.2, 0.25) is 0 Å². The zero-order valence-electron chi connectivity index (χ0n) is 44.3. The van der Waals surface area contributed by atoms with Gasteiger partial charge < -0.3 is 84.8 Å². The number of nitrogens with one attached hydrogen (secondary N) is 3. The van der Waals surface area contributed by atoms with E-state index in [0.29, 0.717) is 187 Å². The van der Waals surface area contributed by atoms with E-state index in [-0.39, 0.29) is 34.4 Å². The minimum Gasteiger partial charge on any atom is -0.352 e. The molecule has 0 bridgehead atoms. The van der Waals surface area contributed by atoms with Crippen molar-refractivity contribution in [2.45, 2.75) is 96.3 Å². The number of nitrogens with two attached hydrogens (primary N) is 12. The maximum Gasteiger partial charge on any atom is 0.251 e. The number of rotatable bonds is 36. The highest BCUT2D eigenvalue weighted by Crippen LogP contribution is 2.55. The second-order valence-electron chi connectivity index (χ2n) is 21.8. The van der Waals surface area contributed by atoms with Crippen LogP contribution in [0.15, 0.2) is 18.2 Å². The lowest BCUT2D eigenvalue weighted by molar-refractivity contribution is 0.0947. The Balaban J connectivity index is 1.61. The van der Waals surface area contributed by atoms with E-state index >= 15 is 0 Å². The molecule has 0 saturated heterocycles. The van der Waals surface area contributed by atoms with Crippen LogP contribution in [0.4, 0.5) is 0 Å². The molecular weight excluding hydrogens is 907 g/mol. The molecule has 1 aromatic rings. The lowest BCUT2D eigenvalue weighted by Gasteiger charge is -2.27. The van der Waals surface area contributed by atoms with Gasteiger partial charge in [0.25, 0.3) is 17.7 Å². The Morgan fingerprint density at radius 2 is 0.375 bits per heavy atom. The third-order valence-corrected chi connectivity index (χ3v) is 18.3. The monoisotopic (exact) mass is 1010 g/mol. The van der Waals surface area contributed by atoms with Crippen LogP contribution in [0, 0.1) is 88.8 Å². The van der Waals surface area contributed by atoms with Crippen LogP contribution in [-0.2, 0) is 0 Å². The first-order chi connectivity index (χ1) is 35.0. The summed E-state index contributed by atoms with van der Waals surface area (Å²) in [5.41, 5.74) is 75.0. The van der Waals surface area contributed by atoms with Crippen molar-refractivity contribution >= 4 is 17.7 Å². The number of carbonyl (C=O) groups is 3. The molecule has 414 valence electrons. The molecule has 3 aliphatic carbocycles. The van der Waals surface area contributed by atoms with Gasteiger partial charge in [0.15, 0.2) is 0 Å². The summed E-state index contributed by atoms with van der Waals surface area (Å²) in [7, 11) is 0. The number of carbonyl (C=O) groups excluding carboxylic acids is 3. The summed E-state index contributed by atoms with van der Waals surface area (Å²) in [6.45, 7) is 8.19. The molecule has 12 unspecified atom stereocenters. The predicted molar refractivity (Wildman–Crippen MR) is 294 cm³/mol. The zero-order valence-corrected chi connectivity index (χ0v) is 44.3. The van der Waals surface area contributed by atoms with Crippen LogP contribution in [0.3, 0.4) is 0 Å². The molecule has 27 N–H and O–H groups in total. The lowest BCUT2D eigenvalue weighted by Crippen LogP contribution is -2.33. The molecule has 4 rings (SSSR count). The molecule has 3 amide bonds. The molecule has 0 aromatic heterocycles. The molecule has 72 heavy (non-hydrogen) atoms. The smallest absolute Gasteiger partial charge is 0.251 e. The quantitative estimate of drug-likeness (QED) is 0.0436. The van der Waals surface area contributed by atoms with Gasteiger partial charge in [0.05, 0.1) is 0 Å². The summed E-state index contributed by atoms with van der Waals surface area (Å²) >= 11 is 0. The highest BCUT2D eigenvalue weighted by molar-refractivity contribution is 6.04. The summed E-state index contributed by atoms with van der Waals surface area (Å²) in [6, 6.07) is 4.80. The van der Waals surface area contributed by atoms with E-state index in [4.69, 9.17) is 68.8 Å². The Kier molecular flexibility index (Phi) is 28.5. The first-order valence-corrected chi connectivity index (χ1v) is 28.4. The van der Waals surface area contributed by atoms with E-state index in [0.717, 1.165) is 96.3 Å². The second kappa shape index (κ2) is 33.2. The van der Waals surface area contributed by atoms with Crippen LogP contribution in [0.5, 0.6) is 0 Å². The number of amides is 3. The summed E-state index contributed by atoms with van der Waals surface area (Å²) in [5.74, 6) is 4.29.